The lowest BCUT2D eigenvalue weighted by molar-refractivity contribution is 0.102. The van der Waals surface area contributed by atoms with E-state index in [1.807, 2.05) is 30.3 Å². The molecule has 150 valence electrons. The summed E-state index contributed by atoms with van der Waals surface area (Å²) in [5.41, 5.74) is 3.58. The molecule has 0 spiro atoms. The van der Waals surface area contributed by atoms with Crippen molar-refractivity contribution in [3.8, 4) is 11.5 Å². The highest BCUT2D eigenvalue weighted by Gasteiger charge is 2.10. The van der Waals surface area contributed by atoms with E-state index >= 15 is 0 Å². The summed E-state index contributed by atoms with van der Waals surface area (Å²) in [6.07, 6.45) is 2.10. The van der Waals surface area contributed by atoms with Gasteiger partial charge in [0.25, 0.3) is 5.91 Å². The summed E-state index contributed by atoms with van der Waals surface area (Å²) in [4.78, 5) is 12.5. The first-order chi connectivity index (χ1) is 14.2. The SMILES string of the molecule is COc1cc(OC)cc(C(=O)Nc2ccc(NCCCc3ccccc3)cc2)c1. The molecule has 2 N–H and O–H groups in total. The molecule has 0 aliphatic rings. The highest BCUT2D eigenvalue weighted by atomic mass is 16.5. The van der Waals surface area contributed by atoms with Gasteiger partial charge in [-0.15, -0.1) is 0 Å². The second kappa shape index (κ2) is 10.2. The fourth-order valence-corrected chi connectivity index (χ4v) is 2.98. The van der Waals surface area contributed by atoms with Crippen LogP contribution in [0.5, 0.6) is 11.5 Å². The van der Waals surface area contributed by atoms with E-state index in [-0.39, 0.29) is 5.91 Å². The van der Waals surface area contributed by atoms with Crippen LogP contribution < -0.4 is 20.1 Å². The number of amides is 1. The van der Waals surface area contributed by atoms with Gasteiger partial charge < -0.3 is 20.1 Å². The van der Waals surface area contributed by atoms with E-state index in [4.69, 9.17) is 9.47 Å². The lowest BCUT2D eigenvalue weighted by atomic mass is 10.1. The standard InChI is InChI=1S/C24H26N2O3/c1-28-22-15-19(16-23(17-22)29-2)24(27)26-21-12-10-20(11-13-21)25-14-6-9-18-7-4-3-5-8-18/h3-5,7-8,10-13,15-17,25H,6,9,14H2,1-2H3,(H,26,27). The zero-order valence-electron chi connectivity index (χ0n) is 16.8. The van der Waals surface area contributed by atoms with E-state index < -0.39 is 0 Å². The zero-order chi connectivity index (χ0) is 20.5. The Morgan fingerprint density at radius 2 is 1.45 bits per heavy atom. The average molecular weight is 390 g/mol. The van der Waals surface area contributed by atoms with Crippen molar-refractivity contribution in [1.29, 1.82) is 0 Å². The van der Waals surface area contributed by atoms with Crippen molar-refractivity contribution in [2.75, 3.05) is 31.4 Å². The Morgan fingerprint density at radius 3 is 2.07 bits per heavy atom. The van der Waals surface area contributed by atoms with Crippen molar-refractivity contribution in [3.05, 3.63) is 83.9 Å². The van der Waals surface area contributed by atoms with Gasteiger partial charge in [-0.2, -0.15) is 0 Å². The lowest BCUT2D eigenvalue weighted by Crippen LogP contribution is -2.12. The molecule has 0 aliphatic heterocycles. The molecule has 5 heteroatoms. The van der Waals surface area contributed by atoms with E-state index in [0.717, 1.165) is 30.8 Å². The minimum Gasteiger partial charge on any atom is -0.497 e. The van der Waals surface area contributed by atoms with Gasteiger partial charge in [0.2, 0.25) is 0 Å². The lowest BCUT2D eigenvalue weighted by Gasteiger charge is -2.10. The van der Waals surface area contributed by atoms with Crippen LogP contribution in [0.2, 0.25) is 0 Å². The Hall–Kier alpha value is -3.47. The Balaban J connectivity index is 1.51. The van der Waals surface area contributed by atoms with Crippen molar-refractivity contribution < 1.29 is 14.3 Å². The maximum Gasteiger partial charge on any atom is 0.255 e. The molecule has 3 rings (SSSR count). The number of ether oxygens (including phenoxy) is 2. The van der Waals surface area contributed by atoms with Crippen LogP contribution in [0.4, 0.5) is 11.4 Å². The van der Waals surface area contributed by atoms with Gasteiger partial charge >= 0.3 is 0 Å². The molecule has 0 saturated heterocycles. The molecule has 29 heavy (non-hydrogen) atoms. The maximum absolute atomic E-state index is 12.5. The Labute approximate surface area is 171 Å². The smallest absolute Gasteiger partial charge is 0.255 e. The van der Waals surface area contributed by atoms with Crippen molar-refractivity contribution in [2.45, 2.75) is 12.8 Å². The number of rotatable bonds is 9. The number of hydrogen-bond donors (Lipinski definition) is 2. The predicted molar refractivity (Wildman–Crippen MR) is 117 cm³/mol. The highest BCUT2D eigenvalue weighted by Crippen LogP contribution is 2.23. The third kappa shape index (κ3) is 6.01. The third-order valence-corrected chi connectivity index (χ3v) is 4.57. The number of anilines is 2. The van der Waals surface area contributed by atoms with Gasteiger partial charge in [-0.25, -0.2) is 0 Å². The fraction of sp³-hybridized carbons (Fsp3) is 0.208. The molecular weight excluding hydrogens is 364 g/mol. The van der Waals surface area contributed by atoms with Crippen LogP contribution in [-0.2, 0) is 6.42 Å². The molecule has 0 fully saturated rings. The van der Waals surface area contributed by atoms with Crippen LogP contribution in [0.25, 0.3) is 0 Å². The number of hydrogen-bond acceptors (Lipinski definition) is 4. The fourth-order valence-electron chi connectivity index (χ4n) is 2.98. The zero-order valence-corrected chi connectivity index (χ0v) is 16.8. The van der Waals surface area contributed by atoms with E-state index in [9.17, 15) is 4.79 Å². The van der Waals surface area contributed by atoms with Gasteiger partial charge in [0.15, 0.2) is 0 Å². The summed E-state index contributed by atoms with van der Waals surface area (Å²) >= 11 is 0. The third-order valence-electron chi connectivity index (χ3n) is 4.57. The largest absolute Gasteiger partial charge is 0.497 e. The Kier molecular flexibility index (Phi) is 7.11. The normalized spacial score (nSPS) is 10.3. The molecule has 0 aliphatic carbocycles. The van der Waals surface area contributed by atoms with Crippen LogP contribution in [0.1, 0.15) is 22.3 Å². The van der Waals surface area contributed by atoms with Crippen molar-refractivity contribution in [1.82, 2.24) is 0 Å². The van der Waals surface area contributed by atoms with E-state index in [1.165, 1.54) is 5.56 Å². The highest BCUT2D eigenvalue weighted by molar-refractivity contribution is 6.04. The quantitative estimate of drug-likeness (QED) is 0.505. The molecular formula is C24H26N2O3. The second-order valence-electron chi connectivity index (χ2n) is 6.65. The van der Waals surface area contributed by atoms with E-state index in [2.05, 4.69) is 34.9 Å². The van der Waals surface area contributed by atoms with Crippen LogP contribution >= 0.6 is 0 Å². The number of benzene rings is 3. The maximum atomic E-state index is 12.5. The molecule has 5 nitrogen and oxygen atoms in total. The molecule has 3 aromatic carbocycles. The van der Waals surface area contributed by atoms with Gasteiger partial charge in [0.1, 0.15) is 11.5 Å². The molecule has 0 aromatic heterocycles. The monoisotopic (exact) mass is 390 g/mol. The van der Waals surface area contributed by atoms with Crippen LogP contribution in [-0.4, -0.2) is 26.7 Å². The number of methoxy groups -OCH3 is 2. The first kappa shape index (κ1) is 20.3. The van der Waals surface area contributed by atoms with E-state index in [0.29, 0.717) is 17.1 Å². The first-order valence-corrected chi connectivity index (χ1v) is 9.60. The summed E-state index contributed by atoms with van der Waals surface area (Å²) in [5.74, 6) is 0.930. The van der Waals surface area contributed by atoms with Crippen molar-refractivity contribution in [2.24, 2.45) is 0 Å². The molecule has 0 saturated carbocycles. The van der Waals surface area contributed by atoms with Gasteiger partial charge in [-0.1, -0.05) is 30.3 Å². The molecule has 0 bridgehead atoms. The summed E-state index contributed by atoms with van der Waals surface area (Å²) in [6, 6.07) is 23.3. The van der Waals surface area contributed by atoms with Crippen LogP contribution in [0.3, 0.4) is 0 Å². The predicted octanol–water partition coefficient (Wildman–Crippen LogP) is 5.00. The average Bonchev–Trinajstić information content (AvgIpc) is 2.78. The minimum atomic E-state index is -0.217. The molecule has 3 aromatic rings. The summed E-state index contributed by atoms with van der Waals surface area (Å²) in [7, 11) is 3.12. The summed E-state index contributed by atoms with van der Waals surface area (Å²) in [6.45, 7) is 0.893. The van der Waals surface area contributed by atoms with Gasteiger partial charge in [-0.3, -0.25) is 4.79 Å². The molecule has 0 radical (unpaired) electrons. The Bertz CT molecular complexity index is 902. The van der Waals surface area contributed by atoms with Crippen molar-refractivity contribution >= 4 is 17.3 Å². The second-order valence-corrected chi connectivity index (χ2v) is 6.65. The number of aryl methyl sites for hydroxylation is 1. The minimum absolute atomic E-state index is 0.217. The summed E-state index contributed by atoms with van der Waals surface area (Å²) < 4.78 is 10.4. The van der Waals surface area contributed by atoms with Gasteiger partial charge in [0, 0.05) is 29.5 Å². The summed E-state index contributed by atoms with van der Waals surface area (Å²) in [5, 5.41) is 6.31. The molecule has 0 heterocycles. The van der Waals surface area contributed by atoms with Crippen LogP contribution in [0, 0.1) is 0 Å². The number of carbonyl (C=O) groups excluding carboxylic acids is 1. The Morgan fingerprint density at radius 1 is 0.828 bits per heavy atom. The van der Waals surface area contributed by atoms with Gasteiger partial charge in [-0.05, 0) is 54.8 Å². The number of nitrogens with one attached hydrogen (secondary N) is 2. The topological polar surface area (TPSA) is 59.6 Å². The molecule has 0 unspecified atom stereocenters. The van der Waals surface area contributed by atoms with Gasteiger partial charge in [0.05, 0.1) is 14.2 Å². The van der Waals surface area contributed by atoms with Crippen LogP contribution in [0.15, 0.2) is 72.8 Å². The van der Waals surface area contributed by atoms with E-state index in [1.54, 1.807) is 32.4 Å². The molecule has 1 amide bonds. The number of carbonyl (C=O) groups is 1. The van der Waals surface area contributed by atoms with Crippen molar-refractivity contribution in [3.63, 3.8) is 0 Å². The first-order valence-electron chi connectivity index (χ1n) is 9.60. The molecule has 0 atom stereocenters.